The number of aliphatic carboxylic acids is 1. The molecule has 1 fully saturated rings. The Morgan fingerprint density at radius 3 is 2.64 bits per heavy atom. The van der Waals surface area contributed by atoms with Gasteiger partial charge in [-0.3, -0.25) is 9.59 Å². The van der Waals surface area contributed by atoms with Gasteiger partial charge in [0.25, 0.3) is 5.91 Å². The molecule has 0 atom stereocenters. The molecule has 2 N–H and O–H groups in total. The number of rotatable bonds is 9. The van der Waals surface area contributed by atoms with E-state index in [1.54, 1.807) is 24.3 Å². The number of carbonyl (C=O) groups excluding carboxylic acids is 1. The molecule has 0 unspecified atom stereocenters. The summed E-state index contributed by atoms with van der Waals surface area (Å²) in [4.78, 5) is 24.2. The van der Waals surface area contributed by atoms with Gasteiger partial charge >= 0.3 is 5.97 Å². The minimum absolute atomic E-state index is 0.0673. The van der Waals surface area contributed by atoms with Crippen molar-refractivity contribution >= 4 is 11.9 Å². The van der Waals surface area contributed by atoms with Crippen molar-refractivity contribution in [3.8, 4) is 5.75 Å². The lowest BCUT2D eigenvalue weighted by molar-refractivity contribution is -0.154. The lowest BCUT2D eigenvalue weighted by Gasteiger charge is -2.33. The van der Waals surface area contributed by atoms with Crippen LogP contribution in [0.3, 0.4) is 0 Å². The third kappa shape index (κ3) is 5.17. The highest BCUT2D eigenvalue weighted by molar-refractivity contribution is 5.97. The molecule has 0 saturated carbocycles. The van der Waals surface area contributed by atoms with E-state index in [-0.39, 0.29) is 12.5 Å². The van der Waals surface area contributed by atoms with Crippen LogP contribution >= 0.6 is 0 Å². The summed E-state index contributed by atoms with van der Waals surface area (Å²) in [6.07, 6.45) is 0.768. The van der Waals surface area contributed by atoms with Gasteiger partial charge in [0.05, 0.1) is 17.6 Å². The van der Waals surface area contributed by atoms with E-state index in [0.29, 0.717) is 57.2 Å². The van der Waals surface area contributed by atoms with E-state index >= 15 is 0 Å². The molecule has 0 aliphatic carbocycles. The maximum Gasteiger partial charge on any atom is 0.311 e. The summed E-state index contributed by atoms with van der Waals surface area (Å²) in [6, 6.07) is 6.89. The zero-order chi connectivity index (χ0) is 18.1. The minimum Gasteiger partial charge on any atom is -0.490 e. The third-order valence-electron chi connectivity index (χ3n) is 4.31. The lowest BCUT2D eigenvalue weighted by atomic mass is 9.80. The predicted molar refractivity (Wildman–Crippen MR) is 90.9 cm³/mol. The molecular formula is C18H25NO6. The first-order chi connectivity index (χ1) is 12.1. The lowest BCUT2D eigenvalue weighted by Crippen LogP contribution is -2.46. The maximum absolute atomic E-state index is 12.5. The van der Waals surface area contributed by atoms with Crippen molar-refractivity contribution in [2.24, 2.45) is 5.41 Å². The number of carboxylic acid groups (broad SMARTS) is 1. The van der Waals surface area contributed by atoms with Crippen LogP contribution in [0, 0.1) is 5.41 Å². The van der Waals surface area contributed by atoms with Gasteiger partial charge in [0.1, 0.15) is 12.4 Å². The molecule has 1 amide bonds. The summed E-state index contributed by atoms with van der Waals surface area (Å²) in [7, 11) is 0. The number of nitrogens with one attached hydrogen (secondary N) is 1. The molecule has 2 rings (SSSR count). The Hall–Kier alpha value is -2.12. The molecule has 0 radical (unpaired) electrons. The zero-order valence-electron chi connectivity index (χ0n) is 14.5. The first-order valence-corrected chi connectivity index (χ1v) is 8.48. The van der Waals surface area contributed by atoms with Crippen molar-refractivity contribution < 1.29 is 28.9 Å². The molecule has 1 aliphatic rings. The van der Waals surface area contributed by atoms with Crippen LogP contribution in [0.25, 0.3) is 0 Å². The molecule has 1 aliphatic heterocycles. The summed E-state index contributed by atoms with van der Waals surface area (Å²) >= 11 is 0. The molecular weight excluding hydrogens is 326 g/mol. The number of ether oxygens (including phenoxy) is 3. The fraction of sp³-hybridized carbons (Fsp3) is 0.556. The van der Waals surface area contributed by atoms with Gasteiger partial charge in [0.15, 0.2) is 0 Å². The van der Waals surface area contributed by atoms with Gasteiger partial charge in [0.2, 0.25) is 0 Å². The second-order valence-electron chi connectivity index (χ2n) is 5.92. The number of para-hydroxylation sites is 1. The first-order valence-electron chi connectivity index (χ1n) is 8.48. The van der Waals surface area contributed by atoms with Crippen LogP contribution in [0.5, 0.6) is 5.75 Å². The average Bonchev–Trinajstić information content (AvgIpc) is 2.64. The minimum atomic E-state index is -0.974. The van der Waals surface area contributed by atoms with Gasteiger partial charge in [-0.05, 0) is 31.9 Å². The highest BCUT2D eigenvalue weighted by Crippen LogP contribution is 2.30. The Morgan fingerprint density at radius 2 is 1.96 bits per heavy atom. The summed E-state index contributed by atoms with van der Waals surface area (Å²) in [6.45, 7) is 4.13. The fourth-order valence-corrected chi connectivity index (χ4v) is 2.71. The Balaban J connectivity index is 1.99. The van der Waals surface area contributed by atoms with E-state index in [4.69, 9.17) is 14.2 Å². The van der Waals surface area contributed by atoms with Crippen molar-refractivity contribution in [2.75, 3.05) is 39.6 Å². The Bertz CT molecular complexity index is 583. The van der Waals surface area contributed by atoms with Crippen LogP contribution in [0.2, 0.25) is 0 Å². The first kappa shape index (κ1) is 19.2. The highest BCUT2D eigenvalue weighted by atomic mass is 16.5. The van der Waals surface area contributed by atoms with Crippen LogP contribution in [-0.2, 0) is 14.3 Å². The van der Waals surface area contributed by atoms with Gasteiger partial charge < -0.3 is 24.6 Å². The molecule has 1 aromatic carbocycles. The highest BCUT2D eigenvalue weighted by Gasteiger charge is 2.40. The standard InChI is InChI=1S/C18H25NO6/c1-2-23-11-12-25-15-6-4-3-5-14(15)16(20)19-13-18(17(21)22)7-9-24-10-8-18/h3-6H,2,7-13H2,1H3,(H,19,20)(H,21,22). The van der Waals surface area contributed by atoms with Crippen molar-refractivity contribution in [3.05, 3.63) is 29.8 Å². The quantitative estimate of drug-likeness (QED) is 0.658. The molecule has 0 bridgehead atoms. The van der Waals surface area contributed by atoms with Crippen molar-refractivity contribution in [2.45, 2.75) is 19.8 Å². The van der Waals surface area contributed by atoms with Gasteiger partial charge in [-0.2, -0.15) is 0 Å². The number of carbonyl (C=O) groups is 2. The summed E-state index contributed by atoms with van der Waals surface area (Å²) < 4.78 is 16.1. The number of amides is 1. The number of benzene rings is 1. The second-order valence-corrected chi connectivity index (χ2v) is 5.92. The summed E-state index contributed by atoms with van der Waals surface area (Å²) in [5.41, 5.74) is -0.592. The van der Waals surface area contributed by atoms with E-state index in [1.165, 1.54) is 0 Å². The van der Waals surface area contributed by atoms with E-state index in [0.717, 1.165) is 0 Å². The third-order valence-corrected chi connectivity index (χ3v) is 4.31. The topological polar surface area (TPSA) is 94.1 Å². The second kappa shape index (κ2) is 9.39. The van der Waals surface area contributed by atoms with Crippen LogP contribution in [0.15, 0.2) is 24.3 Å². The van der Waals surface area contributed by atoms with Crippen molar-refractivity contribution in [3.63, 3.8) is 0 Å². The Labute approximate surface area is 147 Å². The average molecular weight is 351 g/mol. The molecule has 7 nitrogen and oxygen atoms in total. The van der Waals surface area contributed by atoms with E-state index in [2.05, 4.69) is 5.32 Å². The predicted octanol–water partition coefficient (Wildman–Crippen LogP) is 1.71. The molecule has 1 heterocycles. The normalized spacial score (nSPS) is 16.2. The molecule has 1 saturated heterocycles. The van der Waals surface area contributed by atoms with Crippen LogP contribution in [0.1, 0.15) is 30.1 Å². The van der Waals surface area contributed by atoms with Crippen molar-refractivity contribution in [1.29, 1.82) is 0 Å². The molecule has 0 spiro atoms. The maximum atomic E-state index is 12.5. The number of hydrogen-bond acceptors (Lipinski definition) is 5. The monoisotopic (exact) mass is 351 g/mol. The van der Waals surface area contributed by atoms with E-state index in [9.17, 15) is 14.7 Å². The molecule has 7 heteroatoms. The largest absolute Gasteiger partial charge is 0.490 e. The molecule has 0 aromatic heterocycles. The van der Waals surface area contributed by atoms with Crippen molar-refractivity contribution in [1.82, 2.24) is 5.32 Å². The van der Waals surface area contributed by atoms with Gasteiger partial charge in [-0.1, -0.05) is 12.1 Å². The summed E-state index contributed by atoms with van der Waals surface area (Å²) in [5.74, 6) is -0.799. The smallest absolute Gasteiger partial charge is 0.311 e. The molecule has 138 valence electrons. The van der Waals surface area contributed by atoms with Crippen LogP contribution in [-0.4, -0.2) is 56.6 Å². The molecule has 25 heavy (non-hydrogen) atoms. The number of hydrogen-bond donors (Lipinski definition) is 2. The van der Waals surface area contributed by atoms with E-state index < -0.39 is 11.4 Å². The van der Waals surface area contributed by atoms with Gasteiger partial charge in [-0.15, -0.1) is 0 Å². The van der Waals surface area contributed by atoms with Crippen LogP contribution < -0.4 is 10.1 Å². The Morgan fingerprint density at radius 1 is 1.24 bits per heavy atom. The van der Waals surface area contributed by atoms with Gasteiger partial charge in [0, 0.05) is 26.4 Å². The van der Waals surface area contributed by atoms with Gasteiger partial charge in [-0.25, -0.2) is 0 Å². The zero-order valence-corrected chi connectivity index (χ0v) is 14.5. The SMILES string of the molecule is CCOCCOc1ccccc1C(=O)NCC1(C(=O)O)CCOCC1. The fourth-order valence-electron chi connectivity index (χ4n) is 2.71. The molecule has 1 aromatic rings. The van der Waals surface area contributed by atoms with Crippen LogP contribution in [0.4, 0.5) is 0 Å². The summed E-state index contributed by atoms with van der Waals surface area (Å²) in [5, 5.41) is 12.3. The van der Waals surface area contributed by atoms with E-state index in [1.807, 2.05) is 6.92 Å². The Kier molecular flexibility index (Phi) is 7.21. The number of carboxylic acids is 1.